The van der Waals surface area contributed by atoms with Gasteiger partial charge in [0.05, 0.1) is 0 Å². The minimum absolute atomic E-state index is 0.319. The summed E-state index contributed by atoms with van der Waals surface area (Å²) >= 11 is 6.17. The van der Waals surface area contributed by atoms with E-state index in [9.17, 15) is 5.11 Å². The van der Waals surface area contributed by atoms with Gasteiger partial charge in [-0.25, -0.2) is 0 Å². The smallest absolute Gasteiger partial charge is 0.146 e. The molecule has 1 N–H and O–H groups in total. The van der Waals surface area contributed by atoms with E-state index in [4.69, 9.17) is 11.6 Å². The van der Waals surface area contributed by atoms with Crippen molar-refractivity contribution in [3.05, 3.63) is 46.0 Å². The van der Waals surface area contributed by atoms with Crippen LogP contribution >= 0.6 is 11.6 Å². The predicted molar refractivity (Wildman–Crippen MR) is 79.8 cm³/mol. The molecule has 4 rings (SSSR count). The second-order valence-corrected chi connectivity index (χ2v) is 5.77. The fourth-order valence-electron chi connectivity index (χ4n) is 2.85. The molecule has 0 amide bonds. The third kappa shape index (κ3) is 1.27. The molecule has 0 radical (unpaired) electrons. The Labute approximate surface area is 120 Å². The monoisotopic (exact) mass is 287 g/mol. The van der Waals surface area contributed by atoms with Gasteiger partial charge in [0.15, 0.2) is 0 Å². The van der Waals surface area contributed by atoms with Crippen LogP contribution in [0.1, 0.15) is 16.7 Å². The first-order chi connectivity index (χ1) is 9.50. The minimum Gasteiger partial charge on any atom is -0.505 e. The standard InChI is InChI=1S/C15H14ClN3O/c1-8-6-9(2)15(20)13(7-8)18-17-12-5-4-11(16)10(3)14(12)19(17)18/h4-7,20H,1-3H3. The van der Waals surface area contributed by atoms with Crippen molar-refractivity contribution in [1.82, 2.24) is 14.1 Å². The van der Waals surface area contributed by atoms with Gasteiger partial charge in [0.1, 0.15) is 22.5 Å². The van der Waals surface area contributed by atoms with Gasteiger partial charge in [-0.2, -0.15) is 0 Å². The SMILES string of the molecule is Cc1cc(C)c(O)c(-n2n3c4ccc(Cl)c(C)c4n23)c1. The molecule has 0 bridgehead atoms. The summed E-state index contributed by atoms with van der Waals surface area (Å²) in [6.07, 6.45) is 0. The number of aryl methyl sites for hydroxylation is 3. The van der Waals surface area contributed by atoms with Gasteiger partial charge in [-0.3, -0.25) is 0 Å². The summed E-state index contributed by atoms with van der Waals surface area (Å²) in [6.45, 7) is 5.95. The van der Waals surface area contributed by atoms with Gasteiger partial charge >= 0.3 is 0 Å². The Morgan fingerprint density at radius 2 is 1.80 bits per heavy atom. The first-order valence-corrected chi connectivity index (χ1v) is 6.88. The summed E-state index contributed by atoms with van der Waals surface area (Å²) in [5.41, 5.74) is 6.10. The number of benzene rings is 2. The van der Waals surface area contributed by atoms with Crippen LogP contribution in [0.3, 0.4) is 0 Å². The van der Waals surface area contributed by atoms with Crippen molar-refractivity contribution in [2.45, 2.75) is 20.8 Å². The zero-order chi connectivity index (χ0) is 14.2. The zero-order valence-electron chi connectivity index (χ0n) is 11.5. The molecule has 0 atom stereocenters. The van der Waals surface area contributed by atoms with Crippen LogP contribution in [0.15, 0.2) is 24.3 Å². The van der Waals surface area contributed by atoms with Gasteiger partial charge in [0.2, 0.25) is 0 Å². The molecule has 0 fully saturated rings. The van der Waals surface area contributed by atoms with Crippen LogP contribution in [0.2, 0.25) is 5.02 Å². The number of phenols is 1. The van der Waals surface area contributed by atoms with Crippen molar-refractivity contribution in [2.75, 3.05) is 0 Å². The molecule has 2 heterocycles. The molecule has 0 aliphatic carbocycles. The molecule has 20 heavy (non-hydrogen) atoms. The molecular weight excluding hydrogens is 274 g/mol. The van der Waals surface area contributed by atoms with Crippen LogP contribution in [0.5, 0.6) is 5.75 Å². The number of hydrogen-bond donors (Lipinski definition) is 1. The van der Waals surface area contributed by atoms with E-state index in [0.29, 0.717) is 5.75 Å². The number of hydrogen-bond acceptors (Lipinski definition) is 1. The van der Waals surface area contributed by atoms with E-state index in [0.717, 1.165) is 38.4 Å². The molecule has 0 aliphatic heterocycles. The Bertz CT molecular complexity index is 957. The van der Waals surface area contributed by atoms with E-state index < -0.39 is 0 Å². The van der Waals surface area contributed by atoms with Gasteiger partial charge in [0.25, 0.3) is 0 Å². The van der Waals surface area contributed by atoms with E-state index in [1.807, 2.05) is 59.1 Å². The number of nitrogens with zero attached hydrogens (tertiary/aromatic N) is 3. The predicted octanol–water partition coefficient (Wildman–Crippen LogP) is 3.70. The van der Waals surface area contributed by atoms with Crippen molar-refractivity contribution >= 4 is 22.6 Å². The van der Waals surface area contributed by atoms with E-state index in [2.05, 4.69) is 0 Å². The minimum atomic E-state index is 0.319. The van der Waals surface area contributed by atoms with Gasteiger partial charge < -0.3 is 5.11 Å². The second kappa shape index (κ2) is 3.52. The summed E-state index contributed by atoms with van der Waals surface area (Å²) in [6, 6.07) is 7.87. The van der Waals surface area contributed by atoms with Crippen LogP contribution < -0.4 is 0 Å². The van der Waals surface area contributed by atoms with Gasteiger partial charge in [-0.05, 0) is 55.7 Å². The number of fused-ring (bicyclic) bond motifs is 4. The van der Waals surface area contributed by atoms with E-state index in [1.165, 1.54) is 0 Å². The molecule has 4 nitrogen and oxygen atoms in total. The highest BCUT2D eigenvalue weighted by Gasteiger charge is 2.28. The maximum Gasteiger partial charge on any atom is 0.146 e. The first-order valence-electron chi connectivity index (χ1n) is 6.50. The third-order valence-corrected chi connectivity index (χ3v) is 4.32. The molecular formula is C15H14ClN3O. The van der Waals surface area contributed by atoms with E-state index in [1.54, 1.807) is 0 Å². The lowest BCUT2D eigenvalue weighted by molar-refractivity contribution is 0.467. The molecule has 4 aromatic rings. The number of halogens is 1. The summed E-state index contributed by atoms with van der Waals surface area (Å²) in [4.78, 5) is 1.96. The second-order valence-electron chi connectivity index (χ2n) is 5.36. The number of phenolic OH excluding ortho intramolecular Hbond substituents is 1. The van der Waals surface area contributed by atoms with Crippen LogP contribution in [-0.4, -0.2) is 19.2 Å². The van der Waals surface area contributed by atoms with Crippen molar-refractivity contribution in [3.8, 4) is 11.4 Å². The number of rotatable bonds is 1. The highest BCUT2D eigenvalue weighted by molar-refractivity contribution is 6.32. The number of aromatic nitrogens is 3. The lowest BCUT2D eigenvalue weighted by atomic mass is 10.1. The van der Waals surface area contributed by atoms with Gasteiger partial charge in [-0.1, -0.05) is 17.7 Å². The van der Waals surface area contributed by atoms with E-state index in [-0.39, 0.29) is 0 Å². The Morgan fingerprint density at radius 1 is 1.05 bits per heavy atom. The first kappa shape index (κ1) is 11.7. The molecule has 0 saturated carbocycles. The number of aromatic hydroxyl groups is 1. The largest absolute Gasteiger partial charge is 0.505 e. The van der Waals surface area contributed by atoms with Crippen LogP contribution in [0.25, 0.3) is 16.7 Å². The Balaban J connectivity index is 2.01. The molecule has 5 heteroatoms. The lowest BCUT2D eigenvalue weighted by Crippen LogP contribution is -1.93. The van der Waals surface area contributed by atoms with Crippen LogP contribution in [-0.2, 0) is 0 Å². The Morgan fingerprint density at radius 3 is 2.55 bits per heavy atom. The Kier molecular flexibility index (Phi) is 2.07. The normalized spacial score (nSPS) is 12.2. The molecule has 0 spiro atoms. The summed E-state index contributed by atoms with van der Waals surface area (Å²) in [5, 5.41) is 11.0. The van der Waals surface area contributed by atoms with Crippen LogP contribution in [0.4, 0.5) is 0 Å². The summed E-state index contributed by atoms with van der Waals surface area (Å²) < 4.78 is 4.04. The maximum absolute atomic E-state index is 10.3. The zero-order valence-corrected chi connectivity index (χ0v) is 12.2. The molecule has 102 valence electrons. The maximum atomic E-state index is 10.3. The van der Waals surface area contributed by atoms with Gasteiger partial charge in [-0.15, -0.1) is 14.1 Å². The fraction of sp³-hybridized carbons (Fsp3) is 0.200. The topological polar surface area (TPSA) is 34.0 Å². The third-order valence-electron chi connectivity index (χ3n) is 3.91. The summed E-state index contributed by atoms with van der Waals surface area (Å²) in [5.74, 6) is 0.319. The molecule has 0 saturated heterocycles. The van der Waals surface area contributed by atoms with Crippen molar-refractivity contribution in [2.24, 2.45) is 0 Å². The quantitative estimate of drug-likeness (QED) is 0.569. The average molecular weight is 288 g/mol. The van der Waals surface area contributed by atoms with Crippen LogP contribution in [0, 0.1) is 20.8 Å². The Hall–Kier alpha value is -2.07. The van der Waals surface area contributed by atoms with Crippen molar-refractivity contribution in [3.63, 3.8) is 0 Å². The highest BCUT2D eigenvalue weighted by atomic mass is 35.5. The molecule has 0 aliphatic rings. The lowest BCUT2D eigenvalue weighted by Gasteiger charge is -2.04. The van der Waals surface area contributed by atoms with Crippen molar-refractivity contribution < 1.29 is 5.11 Å². The molecule has 0 unspecified atom stereocenters. The summed E-state index contributed by atoms with van der Waals surface area (Å²) in [7, 11) is 0. The fourth-order valence-corrected chi connectivity index (χ4v) is 3.00. The molecule has 2 aromatic carbocycles. The average Bonchev–Trinajstić information content (AvgIpc) is 3.01. The van der Waals surface area contributed by atoms with Crippen molar-refractivity contribution in [1.29, 1.82) is 0 Å². The van der Waals surface area contributed by atoms with E-state index >= 15 is 0 Å². The van der Waals surface area contributed by atoms with Gasteiger partial charge in [0, 0.05) is 5.02 Å². The molecule has 2 aromatic heterocycles. The highest BCUT2D eigenvalue weighted by Crippen LogP contribution is 2.35.